The molecule has 10 rings (SSSR count). The third-order valence-corrected chi connectivity index (χ3v) is 10.8. The second kappa shape index (κ2) is 15.6. The summed E-state index contributed by atoms with van der Waals surface area (Å²) in [6.07, 6.45) is -0.771. The molecule has 2 aliphatic rings. The molecule has 0 fully saturated rings. The first-order chi connectivity index (χ1) is 28.7. The number of benzene rings is 8. The largest absolute Gasteiger partial charge is 0.350 e. The molecule has 0 amide bonds. The fourth-order valence-electron chi connectivity index (χ4n) is 7.89. The number of nitrogens with zero attached hydrogens (tertiary/aromatic N) is 3. The lowest BCUT2D eigenvalue weighted by Crippen LogP contribution is -2.44. The zero-order valence-corrected chi connectivity index (χ0v) is 31.7. The van der Waals surface area contributed by atoms with Gasteiger partial charge in [-0.2, -0.15) is 0 Å². The van der Waals surface area contributed by atoms with Crippen molar-refractivity contribution in [2.24, 2.45) is 15.0 Å². The minimum Gasteiger partial charge on any atom is -0.350 e. The number of rotatable bonds is 8. The Morgan fingerprint density at radius 2 is 0.914 bits per heavy atom. The van der Waals surface area contributed by atoms with Gasteiger partial charge in [0.25, 0.3) is 0 Å². The van der Waals surface area contributed by atoms with E-state index in [-0.39, 0.29) is 18.5 Å². The van der Waals surface area contributed by atoms with E-state index in [0.29, 0.717) is 5.84 Å². The average molecular weight is 749 g/mol. The van der Waals surface area contributed by atoms with Gasteiger partial charge in [0.15, 0.2) is 5.84 Å². The van der Waals surface area contributed by atoms with E-state index in [2.05, 4.69) is 192 Å². The topological polar surface area (TPSA) is 73.2 Å². The van der Waals surface area contributed by atoms with Crippen molar-refractivity contribution in [1.29, 1.82) is 0 Å². The smallest absolute Gasteiger partial charge is 0.159 e. The molecule has 3 unspecified atom stereocenters. The summed E-state index contributed by atoms with van der Waals surface area (Å²) >= 11 is 0. The molecule has 6 nitrogen and oxygen atoms in total. The Morgan fingerprint density at radius 3 is 1.66 bits per heavy atom. The fraction of sp³-hybridized carbons (Fsp3) is 0.0577. The van der Waals surface area contributed by atoms with Crippen LogP contribution in [0.5, 0.6) is 0 Å². The third-order valence-electron chi connectivity index (χ3n) is 10.8. The van der Waals surface area contributed by atoms with E-state index < -0.39 is 0 Å². The van der Waals surface area contributed by atoms with E-state index >= 15 is 0 Å². The predicted molar refractivity (Wildman–Crippen MR) is 238 cm³/mol. The van der Waals surface area contributed by atoms with Gasteiger partial charge in [-0.15, -0.1) is 0 Å². The molecule has 0 aliphatic carbocycles. The van der Waals surface area contributed by atoms with Gasteiger partial charge in [-0.1, -0.05) is 194 Å². The van der Waals surface area contributed by atoms with Gasteiger partial charge < -0.3 is 10.6 Å². The van der Waals surface area contributed by atoms with Crippen molar-refractivity contribution in [2.45, 2.75) is 18.5 Å². The molecular formula is C52H40N6. The van der Waals surface area contributed by atoms with Gasteiger partial charge in [0.2, 0.25) is 0 Å². The summed E-state index contributed by atoms with van der Waals surface area (Å²) in [5.74, 6) is 2.32. The second-order valence-electron chi connectivity index (χ2n) is 14.6. The van der Waals surface area contributed by atoms with E-state index in [4.69, 9.17) is 15.0 Å². The Bertz CT molecular complexity index is 2820. The molecule has 0 radical (unpaired) electrons. The first-order valence-electron chi connectivity index (χ1n) is 19.7. The molecule has 6 heteroatoms. The van der Waals surface area contributed by atoms with Gasteiger partial charge >= 0.3 is 0 Å². The van der Waals surface area contributed by atoms with Gasteiger partial charge in [0.1, 0.15) is 30.2 Å². The number of fused-ring (bicyclic) bond motifs is 1. The number of hydrogen-bond donors (Lipinski definition) is 3. The molecule has 0 bridgehead atoms. The number of hydrogen-bond acceptors (Lipinski definition) is 6. The summed E-state index contributed by atoms with van der Waals surface area (Å²) in [5, 5.41) is 13.6. The van der Waals surface area contributed by atoms with Gasteiger partial charge in [0.05, 0.1) is 0 Å². The van der Waals surface area contributed by atoms with E-state index in [9.17, 15) is 0 Å². The van der Waals surface area contributed by atoms with Crippen LogP contribution in [-0.4, -0.2) is 17.5 Å². The highest BCUT2D eigenvalue weighted by Crippen LogP contribution is 2.38. The van der Waals surface area contributed by atoms with E-state index in [1.165, 1.54) is 10.8 Å². The standard InChI is InChI=1S/C52H40N6/c1-5-18-36(19-6-1)46-34-42(51-54-47(37-20-7-2-8-21-37)53-48(55-51)38-22-9-3-10-23-38)31-32-44(46)43-27-15-16-28-45(43)52-57-49(39-24-11-4-12-25-39)56-50(58-52)41-30-29-35-17-13-14-26-40(35)33-41/h1-34,47,50-51,54H,(H,53,55)(H,56,57,58). The Balaban J connectivity index is 1.08. The molecule has 2 heterocycles. The third kappa shape index (κ3) is 7.09. The molecule has 0 saturated carbocycles. The van der Waals surface area contributed by atoms with Crippen LogP contribution in [0.25, 0.3) is 33.0 Å². The minimum atomic E-state index is -0.337. The summed E-state index contributed by atoms with van der Waals surface area (Å²) in [7, 11) is 0. The quantitative estimate of drug-likeness (QED) is 0.145. The SMILES string of the molecule is c1ccc(C2=NC(c3ccc4ccccc4c3)NC(c3ccccc3-c3ccc(C4N=C(c5ccccc5)NC(c5ccccc5)N4)cc3-c3ccccc3)=N2)cc1. The van der Waals surface area contributed by atoms with Crippen LogP contribution in [0.2, 0.25) is 0 Å². The maximum atomic E-state index is 5.27. The number of amidine groups is 3. The zero-order valence-electron chi connectivity index (χ0n) is 31.7. The molecule has 3 N–H and O–H groups in total. The summed E-state index contributed by atoms with van der Waals surface area (Å²) in [5.41, 5.74) is 10.7. The molecule has 8 aromatic rings. The predicted octanol–water partition coefficient (Wildman–Crippen LogP) is 11.0. The number of nitrogens with one attached hydrogen (secondary N) is 3. The van der Waals surface area contributed by atoms with Gasteiger partial charge in [-0.25, -0.2) is 15.0 Å². The first kappa shape index (κ1) is 35.0. The van der Waals surface area contributed by atoms with Crippen LogP contribution < -0.4 is 16.0 Å². The minimum absolute atomic E-state index is 0.133. The number of aliphatic imine (C=N–C) groups is 3. The van der Waals surface area contributed by atoms with Gasteiger partial charge in [-0.05, 0) is 61.8 Å². The van der Waals surface area contributed by atoms with E-state index in [1.54, 1.807) is 0 Å². The van der Waals surface area contributed by atoms with Crippen LogP contribution in [0.3, 0.4) is 0 Å². The maximum absolute atomic E-state index is 5.27. The van der Waals surface area contributed by atoms with Crippen molar-refractivity contribution in [3.05, 3.63) is 240 Å². The fourth-order valence-corrected chi connectivity index (χ4v) is 7.89. The van der Waals surface area contributed by atoms with E-state index in [1.807, 2.05) is 30.3 Å². The normalized spacial score (nSPS) is 17.7. The molecule has 0 aromatic heterocycles. The Kier molecular flexibility index (Phi) is 9.43. The Morgan fingerprint density at radius 1 is 0.345 bits per heavy atom. The zero-order chi connectivity index (χ0) is 38.7. The summed E-state index contributed by atoms with van der Waals surface area (Å²) in [6, 6.07) is 72.0. The summed E-state index contributed by atoms with van der Waals surface area (Å²) in [6.45, 7) is 0. The van der Waals surface area contributed by atoms with E-state index in [0.717, 1.165) is 67.3 Å². The Labute approximate surface area is 338 Å². The monoisotopic (exact) mass is 748 g/mol. The lowest BCUT2D eigenvalue weighted by Gasteiger charge is -2.32. The summed E-state index contributed by atoms with van der Waals surface area (Å²) in [4.78, 5) is 15.7. The lowest BCUT2D eigenvalue weighted by molar-refractivity contribution is 0.409. The molecule has 0 spiro atoms. The van der Waals surface area contributed by atoms with Crippen LogP contribution in [-0.2, 0) is 0 Å². The summed E-state index contributed by atoms with van der Waals surface area (Å²) < 4.78 is 0. The molecule has 278 valence electrons. The molecule has 0 saturated heterocycles. The second-order valence-corrected chi connectivity index (χ2v) is 14.6. The molecular weight excluding hydrogens is 709 g/mol. The van der Waals surface area contributed by atoms with Crippen molar-refractivity contribution < 1.29 is 0 Å². The highest BCUT2D eigenvalue weighted by atomic mass is 15.3. The molecule has 3 atom stereocenters. The molecule has 8 aromatic carbocycles. The first-order valence-corrected chi connectivity index (χ1v) is 19.7. The van der Waals surface area contributed by atoms with Crippen molar-refractivity contribution in [1.82, 2.24) is 16.0 Å². The highest BCUT2D eigenvalue weighted by molar-refractivity contribution is 6.15. The van der Waals surface area contributed by atoms with Crippen LogP contribution in [0.4, 0.5) is 0 Å². The van der Waals surface area contributed by atoms with Crippen LogP contribution in [0.1, 0.15) is 51.9 Å². The van der Waals surface area contributed by atoms with Crippen molar-refractivity contribution in [3.8, 4) is 22.3 Å². The Hall–Kier alpha value is -7.41. The van der Waals surface area contributed by atoms with Crippen LogP contribution in [0, 0.1) is 0 Å². The van der Waals surface area contributed by atoms with Crippen molar-refractivity contribution in [3.63, 3.8) is 0 Å². The highest BCUT2D eigenvalue weighted by Gasteiger charge is 2.28. The van der Waals surface area contributed by atoms with Crippen molar-refractivity contribution >= 4 is 28.3 Å². The van der Waals surface area contributed by atoms with Crippen molar-refractivity contribution in [2.75, 3.05) is 0 Å². The van der Waals surface area contributed by atoms with Gasteiger partial charge in [-0.3, -0.25) is 5.32 Å². The maximum Gasteiger partial charge on any atom is 0.159 e. The molecule has 2 aliphatic heterocycles. The lowest BCUT2D eigenvalue weighted by atomic mass is 9.89. The van der Waals surface area contributed by atoms with Crippen LogP contribution in [0.15, 0.2) is 221 Å². The average Bonchev–Trinajstić information content (AvgIpc) is 3.32. The van der Waals surface area contributed by atoms with Gasteiger partial charge in [0, 0.05) is 16.7 Å². The molecule has 58 heavy (non-hydrogen) atoms. The van der Waals surface area contributed by atoms with Crippen LogP contribution >= 0.6 is 0 Å².